The highest BCUT2D eigenvalue weighted by Crippen LogP contribution is 2.27. The number of rotatable bonds is 1. The van der Waals surface area contributed by atoms with Crippen molar-refractivity contribution in [1.82, 2.24) is 5.32 Å². The zero-order valence-electron chi connectivity index (χ0n) is 7.33. The molecule has 2 unspecified atom stereocenters. The van der Waals surface area contributed by atoms with E-state index in [1.165, 1.54) is 0 Å². The Morgan fingerprint density at radius 2 is 2.50 bits per heavy atom. The summed E-state index contributed by atoms with van der Waals surface area (Å²) in [6, 6.07) is 4.18. The zero-order chi connectivity index (χ0) is 8.60. The number of nitrogens with one attached hydrogen (secondary N) is 1. The van der Waals surface area contributed by atoms with Crippen molar-refractivity contribution in [3.63, 3.8) is 0 Å². The predicted molar refractivity (Wildman–Crippen MR) is 44.6 cm³/mol. The summed E-state index contributed by atoms with van der Waals surface area (Å²) in [6.07, 6.45) is 1.66. The molecule has 3 heteroatoms. The van der Waals surface area contributed by atoms with E-state index >= 15 is 0 Å². The van der Waals surface area contributed by atoms with E-state index in [0.717, 1.165) is 12.4 Å². The van der Waals surface area contributed by atoms with Crippen molar-refractivity contribution < 1.29 is 9.15 Å². The molecule has 0 amide bonds. The van der Waals surface area contributed by atoms with Crippen LogP contribution in [0.4, 0.5) is 0 Å². The van der Waals surface area contributed by atoms with Gasteiger partial charge >= 0.3 is 0 Å². The van der Waals surface area contributed by atoms with Gasteiger partial charge in [-0.05, 0) is 26.0 Å². The van der Waals surface area contributed by atoms with Gasteiger partial charge in [-0.3, -0.25) is 5.32 Å². The van der Waals surface area contributed by atoms with Gasteiger partial charge in [0, 0.05) is 6.04 Å². The molecule has 0 bridgehead atoms. The van der Waals surface area contributed by atoms with Crippen LogP contribution in [-0.4, -0.2) is 12.6 Å². The average Bonchev–Trinajstić information content (AvgIpc) is 2.59. The summed E-state index contributed by atoms with van der Waals surface area (Å²) in [5.41, 5.74) is -0.428. The van der Waals surface area contributed by atoms with Crippen LogP contribution in [0.2, 0.25) is 0 Å². The van der Waals surface area contributed by atoms with Crippen LogP contribution in [0.25, 0.3) is 0 Å². The Kier molecular flexibility index (Phi) is 1.70. The second kappa shape index (κ2) is 2.61. The smallest absolute Gasteiger partial charge is 0.175 e. The minimum Gasteiger partial charge on any atom is -0.465 e. The van der Waals surface area contributed by atoms with E-state index < -0.39 is 5.72 Å². The fourth-order valence-electron chi connectivity index (χ4n) is 1.54. The van der Waals surface area contributed by atoms with Crippen LogP contribution >= 0.6 is 0 Å². The van der Waals surface area contributed by atoms with Crippen LogP contribution in [0.5, 0.6) is 0 Å². The van der Waals surface area contributed by atoms with E-state index in [2.05, 4.69) is 12.2 Å². The second-order valence-electron chi connectivity index (χ2n) is 3.37. The molecular weight excluding hydrogens is 154 g/mol. The third-order valence-electron chi connectivity index (χ3n) is 2.14. The van der Waals surface area contributed by atoms with Gasteiger partial charge in [0.15, 0.2) is 5.72 Å². The Hall–Kier alpha value is -0.800. The van der Waals surface area contributed by atoms with Crippen molar-refractivity contribution in [2.45, 2.75) is 25.6 Å². The molecule has 1 aromatic heterocycles. The molecule has 0 aromatic carbocycles. The van der Waals surface area contributed by atoms with Gasteiger partial charge in [-0.1, -0.05) is 0 Å². The van der Waals surface area contributed by atoms with Gasteiger partial charge in [-0.2, -0.15) is 0 Å². The second-order valence-corrected chi connectivity index (χ2v) is 3.37. The minimum atomic E-state index is -0.428. The molecule has 1 aromatic rings. The van der Waals surface area contributed by atoms with Crippen LogP contribution < -0.4 is 5.32 Å². The topological polar surface area (TPSA) is 34.4 Å². The van der Waals surface area contributed by atoms with Gasteiger partial charge in [0.05, 0.1) is 12.9 Å². The van der Waals surface area contributed by atoms with E-state index in [-0.39, 0.29) is 0 Å². The maximum absolute atomic E-state index is 5.59. The zero-order valence-corrected chi connectivity index (χ0v) is 7.33. The minimum absolute atomic E-state index is 0.389. The van der Waals surface area contributed by atoms with Crippen molar-refractivity contribution in [2.75, 3.05) is 6.61 Å². The first-order chi connectivity index (χ1) is 5.71. The van der Waals surface area contributed by atoms with Gasteiger partial charge in [0.1, 0.15) is 5.76 Å². The fourth-order valence-corrected chi connectivity index (χ4v) is 1.54. The summed E-state index contributed by atoms with van der Waals surface area (Å²) in [5, 5.41) is 3.32. The predicted octanol–water partition coefficient (Wildman–Crippen LogP) is 1.46. The molecule has 1 N–H and O–H groups in total. The fraction of sp³-hybridized carbons (Fsp3) is 0.556. The molecule has 1 fully saturated rings. The van der Waals surface area contributed by atoms with Gasteiger partial charge < -0.3 is 9.15 Å². The molecule has 2 rings (SSSR count). The highest BCUT2D eigenvalue weighted by molar-refractivity contribution is 5.09. The number of hydrogen-bond donors (Lipinski definition) is 1. The first-order valence-corrected chi connectivity index (χ1v) is 4.16. The monoisotopic (exact) mass is 167 g/mol. The van der Waals surface area contributed by atoms with Crippen LogP contribution in [0.3, 0.4) is 0 Å². The van der Waals surface area contributed by atoms with E-state index in [1.807, 2.05) is 19.1 Å². The molecule has 2 atom stereocenters. The molecule has 1 aliphatic rings. The molecule has 12 heavy (non-hydrogen) atoms. The average molecular weight is 167 g/mol. The Balaban J connectivity index is 2.23. The Labute approximate surface area is 71.7 Å². The van der Waals surface area contributed by atoms with Crippen LogP contribution in [0, 0.1) is 0 Å². The molecule has 1 aliphatic heterocycles. The van der Waals surface area contributed by atoms with Crippen LogP contribution in [0.1, 0.15) is 19.6 Å². The molecular formula is C9H13NO2. The van der Waals surface area contributed by atoms with E-state index in [1.54, 1.807) is 6.26 Å². The Morgan fingerprint density at radius 3 is 3.00 bits per heavy atom. The number of hydrogen-bond acceptors (Lipinski definition) is 3. The van der Waals surface area contributed by atoms with Gasteiger partial charge in [-0.25, -0.2) is 0 Å². The number of ether oxygens (including phenoxy) is 1. The first-order valence-electron chi connectivity index (χ1n) is 4.16. The third kappa shape index (κ3) is 1.15. The van der Waals surface area contributed by atoms with Crippen LogP contribution in [0.15, 0.2) is 22.8 Å². The summed E-state index contributed by atoms with van der Waals surface area (Å²) in [5.74, 6) is 0.840. The van der Waals surface area contributed by atoms with Crippen molar-refractivity contribution in [3.8, 4) is 0 Å². The molecule has 0 aliphatic carbocycles. The molecule has 0 spiro atoms. The molecule has 66 valence electrons. The SMILES string of the molecule is CC1COC(C)(c2ccco2)N1. The van der Waals surface area contributed by atoms with Crippen LogP contribution in [-0.2, 0) is 10.5 Å². The molecule has 2 heterocycles. The molecule has 0 radical (unpaired) electrons. The van der Waals surface area contributed by atoms with E-state index in [9.17, 15) is 0 Å². The summed E-state index contributed by atoms with van der Waals surface area (Å²) >= 11 is 0. The summed E-state index contributed by atoms with van der Waals surface area (Å²) in [6.45, 7) is 4.81. The summed E-state index contributed by atoms with van der Waals surface area (Å²) in [7, 11) is 0. The number of furan rings is 1. The van der Waals surface area contributed by atoms with Gasteiger partial charge in [-0.15, -0.1) is 0 Å². The van der Waals surface area contributed by atoms with Crippen molar-refractivity contribution >= 4 is 0 Å². The van der Waals surface area contributed by atoms with Crippen molar-refractivity contribution in [2.24, 2.45) is 0 Å². The lowest BCUT2D eigenvalue weighted by Crippen LogP contribution is -2.37. The highest BCUT2D eigenvalue weighted by atomic mass is 16.5. The summed E-state index contributed by atoms with van der Waals surface area (Å²) in [4.78, 5) is 0. The maximum Gasteiger partial charge on any atom is 0.175 e. The highest BCUT2D eigenvalue weighted by Gasteiger charge is 2.37. The quantitative estimate of drug-likeness (QED) is 0.687. The lowest BCUT2D eigenvalue weighted by Gasteiger charge is -2.20. The van der Waals surface area contributed by atoms with E-state index in [0.29, 0.717) is 6.04 Å². The normalized spacial score (nSPS) is 35.7. The lowest BCUT2D eigenvalue weighted by atomic mass is 10.2. The standard InChI is InChI=1S/C9H13NO2/c1-7-6-12-9(2,10-7)8-4-3-5-11-8/h3-5,7,10H,6H2,1-2H3. The summed E-state index contributed by atoms with van der Waals surface area (Å²) < 4.78 is 10.9. The van der Waals surface area contributed by atoms with E-state index in [4.69, 9.17) is 9.15 Å². The van der Waals surface area contributed by atoms with Gasteiger partial charge in [0.2, 0.25) is 0 Å². The lowest BCUT2D eigenvalue weighted by molar-refractivity contribution is -0.0153. The molecule has 3 nitrogen and oxygen atoms in total. The maximum atomic E-state index is 5.59. The Morgan fingerprint density at radius 1 is 1.67 bits per heavy atom. The largest absolute Gasteiger partial charge is 0.465 e. The third-order valence-corrected chi connectivity index (χ3v) is 2.14. The van der Waals surface area contributed by atoms with Crippen molar-refractivity contribution in [1.29, 1.82) is 0 Å². The van der Waals surface area contributed by atoms with Crippen molar-refractivity contribution in [3.05, 3.63) is 24.2 Å². The van der Waals surface area contributed by atoms with Gasteiger partial charge in [0.25, 0.3) is 0 Å². The molecule has 0 saturated carbocycles. The first kappa shape index (κ1) is 7.83. The Bertz CT molecular complexity index is 258. The molecule has 1 saturated heterocycles.